The van der Waals surface area contributed by atoms with Crippen molar-refractivity contribution in [3.8, 4) is 5.75 Å². The predicted octanol–water partition coefficient (Wildman–Crippen LogP) is 1.37. The Morgan fingerprint density at radius 2 is 2.15 bits per heavy atom. The van der Waals surface area contributed by atoms with Gasteiger partial charge in [-0.15, -0.1) is 5.10 Å². The van der Waals surface area contributed by atoms with E-state index in [1.54, 1.807) is 37.6 Å². The monoisotopic (exact) mass is 272 g/mol. The molecular weight excluding hydrogens is 256 g/mol. The van der Waals surface area contributed by atoms with Gasteiger partial charge in [0.2, 0.25) is 0 Å². The Kier molecular flexibility index (Phi) is 3.37. The fourth-order valence-electron chi connectivity index (χ4n) is 2.47. The number of amides is 1. The van der Waals surface area contributed by atoms with Gasteiger partial charge in [-0.2, -0.15) is 0 Å². The van der Waals surface area contributed by atoms with Gasteiger partial charge in [0.1, 0.15) is 5.75 Å². The van der Waals surface area contributed by atoms with Crippen molar-refractivity contribution in [2.45, 2.75) is 12.5 Å². The molecule has 20 heavy (non-hydrogen) atoms. The number of hydrogen-bond acceptors (Lipinski definition) is 4. The minimum Gasteiger partial charge on any atom is -0.497 e. The molecule has 0 bridgehead atoms. The Balaban J connectivity index is 1.69. The molecule has 104 valence electrons. The van der Waals surface area contributed by atoms with Crippen LogP contribution in [0.1, 0.15) is 22.8 Å². The van der Waals surface area contributed by atoms with E-state index in [-0.39, 0.29) is 11.9 Å². The third kappa shape index (κ3) is 2.36. The Hall–Kier alpha value is -2.37. The third-order valence-corrected chi connectivity index (χ3v) is 3.60. The smallest absolute Gasteiger partial charge is 0.253 e. The molecule has 1 amide bonds. The molecule has 0 spiro atoms. The van der Waals surface area contributed by atoms with Crippen molar-refractivity contribution in [1.82, 2.24) is 19.9 Å². The number of methoxy groups -OCH3 is 1. The van der Waals surface area contributed by atoms with Crippen molar-refractivity contribution in [3.05, 3.63) is 42.2 Å². The molecule has 1 atom stereocenters. The van der Waals surface area contributed by atoms with Gasteiger partial charge in [0.05, 0.1) is 19.3 Å². The Bertz CT molecular complexity index is 580. The summed E-state index contributed by atoms with van der Waals surface area (Å²) >= 11 is 0. The van der Waals surface area contributed by atoms with Crippen LogP contribution in [0.4, 0.5) is 0 Å². The van der Waals surface area contributed by atoms with Crippen molar-refractivity contribution in [2.24, 2.45) is 0 Å². The van der Waals surface area contributed by atoms with E-state index in [0.29, 0.717) is 12.1 Å². The number of aromatic nitrogens is 3. The van der Waals surface area contributed by atoms with Crippen LogP contribution < -0.4 is 4.74 Å². The summed E-state index contributed by atoms with van der Waals surface area (Å²) in [5.74, 6) is 0.804. The number of rotatable bonds is 3. The SMILES string of the molecule is COc1ccc(C(=O)N2CCC(n3ccnn3)C2)cc1. The number of hydrogen-bond donors (Lipinski definition) is 0. The lowest BCUT2D eigenvalue weighted by molar-refractivity contribution is 0.0787. The molecule has 2 heterocycles. The molecule has 0 aliphatic carbocycles. The molecule has 3 rings (SSSR count). The highest BCUT2D eigenvalue weighted by Gasteiger charge is 2.28. The van der Waals surface area contributed by atoms with Crippen LogP contribution >= 0.6 is 0 Å². The molecule has 1 saturated heterocycles. The molecule has 1 fully saturated rings. The zero-order valence-electron chi connectivity index (χ0n) is 11.3. The summed E-state index contributed by atoms with van der Waals surface area (Å²) in [6.45, 7) is 1.42. The molecule has 1 aliphatic rings. The summed E-state index contributed by atoms with van der Waals surface area (Å²) in [7, 11) is 1.61. The number of carbonyl (C=O) groups is 1. The zero-order chi connectivity index (χ0) is 13.9. The maximum absolute atomic E-state index is 12.4. The van der Waals surface area contributed by atoms with Crippen LogP contribution in [0, 0.1) is 0 Å². The van der Waals surface area contributed by atoms with E-state index in [9.17, 15) is 4.79 Å². The highest BCUT2D eigenvalue weighted by Crippen LogP contribution is 2.22. The summed E-state index contributed by atoms with van der Waals surface area (Å²) in [6, 6.07) is 7.42. The normalized spacial score (nSPS) is 18.2. The maximum atomic E-state index is 12.4. The van der Waals surface area contributed by atoms with Gasteiger partial charge >= 0.3 is 0 Å². The molecule has 2 aromatic rings. The molecule has 0 N–H and O–H groups in total. The van der Waals surface area contributed by atoms with Crippen molar-refractivity contribution in [3.63, 3.8) is 0 Å². The van der Waals surface area contributed by atoms with E-state index in [2.05, 4.69) is 10.3 Å². The molecular formula is C14H16N4O2. The molecule has 1 aromatic carbocycles. The summed E-state index contributed by atoms with van der Waals surface area (Å²) in [6.07, 6.45) is 4.41. The third-order valence-electron chi connectivity index (χ3n) is 3.60. The minimum atomic E-state index is 0.0512. The van der Waals surface area contributed by atoms with E-state index < -0.39 is 0 Å². The molecule has 1 aromatic heterocycles. The van der Waals surface area contributed by atoms with Gasteiger partial charge in [-0.25, -0.2) is 4.68 Å². The van der Waals surface area contributed by atoms with E-state index in [1.807, 2.05) is 15.8 Å². The van der Waals surface area contributed by atoms with Gasteiger partial charge in [0.15, 0.2) is 0 Å². The van der Waals surface area contributed by atoms with E-state index >= 15 is 0 Å². The molecule has 1 unspecified atom stereocenters. The van der Waals surface area contributed by atoms with E-state index in [0.717, 1.165) is 18.7 Å². The van der Waals surface area contributed by atoms with Gasteiger partial charge in [0, 0.05) is 24.8 Å². The predicted molar refractivity (Wildman–Crippen MR) is 72.6 cm³/mol. The Morgan fingerprint density at radius 1 is 1.35 bits per heavy atom. The summed E-state index contributed by atoms with van der Waals surface area (Å²) in [5.41, 5.74) is 0.685. The van der Waals surface area contributed by atoms with Crippen molar-refractivity contribution < 1.29 is 9.53 Å². The largest absolute Gasteiger partial charge is 0.497 e. The Morgan fingerprint density at radius 3 is 2.80 bits per heavy atom. The van der Waals surface area contributed by atoms with Gasteiger partial charge in [-0.3, -0.25) is 4.79 Å². The Labute approximate surface area is 117 Å². The standard InChI is InChI=1S/C14H16N4O2/c1-20-13-4-2-11(3-5-13)14(19)17-8-6-12(10-17)18-9-7-15-16-18/h2-5,7,9,12H,6,8,10H2,1H3. The van der Waals surface area contributed by atoms with Crippen molar-refractivity contribution >= 4 is 5.91 Å². The highest BCUT2D eigenvalue weighted by atomic mass is 16.5. The molecule has 6 heteroatoms. The molecule has 0 saturated carbocycles. The number of ether oxygens (including phenoxy) is 1. The highest BCUT2D eigenvalue weighted by molar-refractivity contribution is 5.94. The molecule has 6 nitrogen and oxygen atoms in total. The number of likely N-dealkylation sites (tertiary alicyclic amines) is 1. The van der Waals surface area contributed by atoms with Gasteiger partial charge < -0.3 is 9.64 Å². The minimum absolute atomic E-state index is 0.0512. The summed E-state index contributed by atoms with van der Waals surface area (Å²) < 4.78 is 6.92. The number of benzene rings is 1. The average molecular weight is 272 g/mol. The quantitative estimate of drug-likeness (QED) is 0.846. The van der Waals surface area contributed by atoms with Crippen molar-refractivity contribution in [2.75, 3.05) is 20.2 Å². The fourth-order valence-corrected chi connectivity index (χ4v) is 2.47. The first-order valence-electron chi connectivity index (χ1n) is 6.57. The van der Waals surface area contributed by atoms with E-state index in [1.165, 1.54) is 0 Å². The summed E-state index contributed by atoms with van der Waals surface area (Å²) in [4.78, 5) is 14.3. The lowest BCUT2D eigenvalue weighted by atomic mass is 10.2. The van der Waals surface area contributed by atoms with Crippen LogP contribution in [0.2, 0.25) is 0 Å². The van der Waals surface area contributed by atoms with Crippen molar-refractivity contribution in [1.29, 1.82) is 0 Å². The van der Waals surface area contributed by atoms with Crippen LogP contribution in [-0.4, -0.2) is 46.0 Å². The second kappa shape index (κ2) is 5.32. The zero-order valence-corrected chi connectivity index (χ0v) is 11.3. The van der Waals surface area contributed by atoms with Gasteiger partial charge in [-0.05, 0) is 30.7 Å². The lowest BCUT2D eigenvalue weighted by Gasteiger charge is -2.16. The lowest BCUT2D eigenvalue weighted by Crippen LogP contribution is -2.29. The fraction of sp³-hybridized carbons (Fsp3) is 0.357. The van der Waals surface area contributed by atoms with Crippen LogP contribution in [0.15, 0.2) is 36.7 Å². The first-order valence-corrected chi connectivity index (χ1v) is 6.57. The van der Waals surface area contributed by atoms with Crippen LogP contribution in [0.3, 0.4) is 0 Å². The van der Waals surface area contributed by atoms with Crippen LogP contribution in [0.25, 0.3) is 0 Å². The average Bonchev–Trinajstić information content (AvgIpc) is 3.17. The summed E-state index contributed by atoms with van der Waals surface area (Å²) in [5, 5.41) is 7.81. The van der Waals surface area contributed by atoms with Gasteiger partial charge in [0.25, 0.3) is 5.91 Å². The van der Waals surface area contributed by atoms with Crippen LogP contribution in [0.5, 0.6) is 5.75 Å². The second-order valence-corrected chi connectivity index (χ2v) is 4.81. The first kappa shape index (κ1) is 12.7. The van der Waals surface area contributed by atoms with Crippen LogP contribution in [-0.2, 0) is 0 Å². The second-order valence-electron chi connectivity index (χ2n) is 4.81. The molecule has 0 radical (unpaired) electrons. The topological polar surface area (TPSA) is 60.2 Å². The first-order chi connectivity index (χ1) is 9.78. The maximum Gasteiger partial charge on any atom is 0.253 e. The van der Waals surface area contributed by atoms with E-state index in [4.69, 9.17) is 4.74 Å². The number of carbonyl (C=O) groups excluding carboxylic acids is 1. The van der Waals surface area contributed by atoms with Gasteiger partial charge in [-0.1, -0.05) is 5.21 Å². The molecule has 1 aliphatic heterocycles. The number of nitrogens with zero attached hydrogens (tertiary/aromatic N) is 4.